The lowest BCUT2D eigenvalue weighted by Gasteiger charge is -2.45. The summed E-state index contributed by atoms with van der Waals surface area (Å²) in [6.45, 7) is 3.63. The number of ether oxygens (including phenoxy) is 2. The molecule has 1 aliphatic rings. The Morgan fingerprint density at radius 3 is 2.31 bits per heavy atom. The van der Waals surface area contributed by atoms with Crippen molar-refractivity contribution in [1.29, 1.82) is 0 Å². The first-order chi connectivity index (χ1) is 14.1. The van der Waals surface area contributed by atoms with Crippen LogP contribution in [-0.2, 0) is 14.3 Å². The average Bonchev–Trinajstić information content (AvgIpc) is 2.77. The van der Waals surface area contributed by atoms with Gasteiger partial charge in [0.15, 0.2) is 5.78 Å². The third-order valence-electron chi connectivity index (χ3n) is 4.92. The molecule has 8 heteroatoms. The quantitative estimate of drug-likeness (QED) is 0.530. The lowest BCUT2D eigenvalue weighted by molar-refractivity contribution is -0.169. The van der Waals surface area contributed by atoms with E-state index in [0.717, 1.165) is 5.69 Å². The number of amides is 1. The van der Waals surface area contributed by atoms with Gasteiger partial charge in [-0.25, -0.2) is 4.90 Å². The molecule has 8 nitrogen and oxygen atoms in total. The van der Waals surface area contributed by atoms with E-state index in [0.29, 0.717) is 31.9 Å². The Labute approximate surface area is 170 Å². The zero-order valence-corrected chi connectivity index (χ0v) is 16.7. The van der Waals surface area contributed by atoms with E-state index < -0.39 is 11.6 Å². The van der Waals surface area contributed by atoms with Crippen LogP contribution in [0, 0.1) is 0 Å². The molecule has 1 aromatic heterocycles. The van der Waals surface area contributed by atoms with E-state index in [4.69, 9.17) is 9.47 Å². The maximum atomic E-state index is 13.1. The number of methoxy groups -OCH3 is 1. The van der Waals surface area contributed by atoms with Crippen molar-refractivity contribution in [2.45, 2.75) is 12.6 Å². The van der Waals surface area contributed by atoms with Crippen LogP contribution in [0.4, 0.5) is 5.69 Å². The van der Waals surface area contributed by atoms with E-state index >= 15 is 0 Å². The summed E-state index contributed by atoms with van der Waals surface area (Å²) >= 11 is 0. The number of anilines is 1. The van der Waals surface area contributed by atoms with Crippen LogP contribution in [0.15, 0.2) is 54.9 Å². The normalized spacial score (nSPS) is 16.7. The molecular formula is C21H26N4O4. The highest BCUT2D eigenvalue weighted by molar-refractivity contribution is 6.08. The molecule has 29 heavy (non-hydrogen) atoms. The molecule has 1 saturated heterocycles. The van der Waals surface area contributed by atoms with Crippen molar-refractivity contribution in [3.8, 4) is 5.75 Å². The van der Waals surface area contributed by atoms with Crippen molar-refractivity contribution in [2.24, 2.45) is 0 Å². The van der Waals surface area contributed by atoms with Gasteiger partial charge in [-0.3, -0.25) is 14.6 Å². The van der Waals surface area contributed by atoms with Gasteiger partial charge in [-0.2, -0.15) is 0 Å². The molecule has 3 rings (SSSR count). The summed E-state index contributed by atoms with van der Waals surface area (Å²) in [6.07, 6.45) is 3.50. The maximum absolute atomic E-state index is 13.1. The molecule has 0 bridgehead atoms. The van der Waals surface area contributed by atoms with E-state index in [9.17, 15) is 9.59 Å². The van der Waals surface area contributed by atoms with Gasteiger partial charge in [0.25, 0.3) is 5.91 Å². The summed E-state index contributed by atoms with van der Waals surface area (Å²) in [4.78, 5) is 34.0. The molecule has 0 saturated carbocycles. The molecule has 2 aromatic rings. The maximum Gasteiger partial charge on any atom is 0.301 e. The fraction of sp³-hybridized carbons (Fsp3) is 0.381. The Kier molecular flexibility index (Phi) is 6.79. The number of carbonyl (C=O) groups is 2. The number of ketones is 1. The third kappa shape index (κ3) is 4.55. The summed E-state index contributed by atoms with van der Waals surface area (Å²) < 4.78 is 11.1. The molecule has 0 spiro atoms. The van der Waals surface area contributed by atoms with Crippen molar-refractivity contribution in [3.05, 3.63) is 54.9 Å². The monoisotopic (exact) mass is 398 g/mol. The first kappa shape index (κ1) is 20.8. The van der Waals surface area contributed by atoms with Gasteiger partial charge in [0, 0.05) is 58.3 Å². The van der Waals surface area contributed by atoms with Gasteiger partial charge in [0.1, 0.15) is 12.5 Å². The second kappa shape index (κ2) is 9.49. The molecule has 1 aromatic carbocycles. The van der Waals surface area contributed by atoms with Gasteiger partial charge in [0.2, 0.25) is 0 Å². The smallest absolute Gasteiger partial charge is 0.301 e. The van der Waals surface area contributed by atoms with Crippen LogP contribution in [-0.4, -0.2) is 67.3 Å². The number of nitrogens with one attached hydrogen (secondary N) is 1. The number of para-hydroxylation sites is 1. The van der Waals surface area contributed by atoms with E-state index in [1.807, 2.05) is 18.2 Å². The zero-order chi connectivity index (χ0) is 20.7. The van der Waals surface area contributed by atoms with Crippen LogP contribution >= 0.6 is 0 Å². The summed E-state index contributed by atoms with van der Waals surface area (Å²) in [5.41, 5.74) is -0.703. The SMILES string of the molecule is COCNC(=O)C(Oc1ccccc1)(C(C)=O)N1CCN(c2ccncc2)CC1. The van der Waals surface area contributed by atoms with E-state index in [1.54, 1.807) is 41.6 Å². The number of pyridine rings is 1. The van der Waals surface area contributed by atoms with E-state index in [-0.39, 0.29) is 12.5 Å². The highest BCUT2D eigenvalue weighted by Crippen LogP contribution is 2.26. The topological polar surface area (TPSA) is 84.0 Å². The summed E-state index contributed by atoms with van der Waals surface area (Å²) in [6, 6.07) is 12.8. The molecule has 1 fully saturated rings. The average molecular weight is 398 g/mol. The van der Waals surface area contributed by atoms with Crippen LogP contribution in [0.5, 0.6) is 5.75 Å². The van der Waals surface area contributed by atoms with Crippen LogP contribution in [0.3, 0.4) is 0 Å². The highest BCUT2D eigenvalue weighted by Gasteiger charge is 2.52. The Balaban J connectivity index is 1.86. The number of nitrogens with zero attached hydrogens (tertiary/aromatic N) is 3. The van der Waals surface area contributed by atoms with Gasteiger partial charge in [-0.05, 0) is 24.3 Å². The Morgan fingerprint density at radius 2 is 1.72 bits per heavy atom. The summed E-state index contributed by atoms with van der Waals surface area (Å²) in [7, 11) is 1.47. The second-order valence-electron chi connectivity index (χ2n) is 6.73. The van der Waals surface area contributed by atoms with Gasteiger partial charge < -0.3 is 19.7 Å². The first-order valence-electron chi connectivity index (χ1n) is 9.50. The molecule has 1 N–H and O–H groups in total. The molecule has 1 atom stereocenters. The number of aromatic nitrogens is 1. The number of piperazine rings is 1. The fourth-order valence-corrected chi connectivity index (χ4v) is 3.46. The van der Waals surface area contributed by atoms with Crippen molar-refractivity contribution >= 4 is 17.4 Å². The standard InChI is InChI=1S/C21H26N4O4/c1-17(26)21(20(27)23-16-28-2,29-19-6-4-3-5-7-19)25-14-12-24(13-15-25)18-8-10-22-11-9-18/h3-11H,12-16H2,1-2H3,(H,23,27). The molecule has 154 valence electrons. The first-order valence-corrected chi connectivity index (χ1v) is 9.50. The molecule has 2 heterocycles. The Bertz CT molecular complexity index is 810. The summed E-state index contributed by atoms with van der Waals surface area (Å²) in [5.74, 6) is -0.466. The Hall–Kier alpha value is -2.97. The molecule has 0 aliphatic carbocycles. The number of hydrogen-bond acceptors (Lipinski definition) is 7. The van der Waals surface area contributed by atoms with Gasteiger partial charge in [-0.1, -0.05) is 18.2 Å². The number of Topliss-reactive ketones (excluding diaryl/α,β-unsaturated/α-hetero) is 1. The molecule has 0 radical (unpaired) electrons. The van der Waals surface area contributed by atoms with Crippen LogP contribution in [0.25, 0.3) is 0 Å². The van der Waals surface area contributed by atoms with Crippen LogP contribution in [0.1, 0.15) is 6.92 Å². The van der Waals surface area contributed by atoms with Crippen molar-refractivity contribution < 1.29 is 19.1 Å². The van der Waals surface area contributed by atoms with Gasteiger partial charge in [0.05, 0.1) is 0 Å². The number of benzene rings is 1. The predicted molar refractivity (Wildman–Crippen MR) is 109 cm³/mol. The van der Waals surface area contributed by atoms with Gasteiger partial charge >= 0.3 is 5.72 Å². The largest absolute Gasteiger partial charge is 0.456 e. The van der Waals surface area contributed by atoms with E-state index in [2.05, 4.69) is 15.2 Å². The van der Waals surface area contributed by atoms with Gasteiger partial charge in [-0.15, -0.1) is 0 Å². The van der Waals surface area contributed by atoms with Crippen molar-refractivity contribution in [1.82, 2.24) is 15.2 Å². The second-order valence-corrected chi connectivity index (χ2v) is 6.73. The number of hydrogen-bond donors (Lipinski definition) is 1. The number of carbonyl (C=O) groups excluding carboxylic acids is 2. The van der Waals surface area contributed by atoms with Crippen molar-refractivity contribution in [2.75, 3.05) is 44.9 Å². The van der Waals surface area contributed by atoms with Crippen molar-refractivity contribution in [3.63, 3.8) is 0 Å². The lowest BCUT2D eigenvalue weighted by Crippen LogP contribution is -2.70. The van der Waals surface area contributed by atoms with E-state index in [1.165, 1.54) is 14.0 Å². The minimum absolute atomic E-state index is 0.0109. The minimum Gasteiger partial charge on any atom is -0.456 e. The number of rotatable bonds is 8. The third-order valence-corrected chi connectivity index (χ3v) is 4.92. The molecule has 1 aliphatic heterocycles. The summed E-state index contributed by atoms with van der Waals surface area (Å²) in [5, 5.41) is 2.64. The minimum atomic E-state index is -1.76. The van der Waals surface area contributed by atoms with Crippen LogP contribution in [0.2, 0.25) is 0 Å². The lowest BCUT2D eigenvalue weighted by atomic mass is 10.0. The highest BCUT2D eigenvalue weighted by atomic mass is 16.5. The fourth-order valence-electron chi connectivity index (χ4n) is 3.46. The molecular weight excluding hydrogens is 372 g/mol. The van der Waals surface area contributed by atoms with Crippen LogP contribution < -0.4 is 15.0 Å². The predicted octanol–water partition coefficient (Wildman–Crippen LogP) is 1.29. The zero-order valence-electron chi connectivity index (χ0n) is 16.7. The Morgan fingerprint density at radius 1 is 1.07 bits per heavy atom. The molecule has 1 unspecified atom stereocenters. The molecule has 1 amide bonds.